The highest BCUT2D eigenvalue weighted by atomic mass is 32.1. The molecule has 0 radical (unpaired) electrons. The van der Waals surface area contributed by atoms with Gasteiger partial charge in [0.2, 0.25) is 0 Å². The Morgan fingerprint density at radius 2 is 2.27 bits per heavy atom. The fraction of sp³-hybridized carbons (Fsp3) is 0.167. The quantitative estimate of drug-likeness (QED) is 0.286. The minimum Gasteiger partial charge on any atom is -0.383 e. The number of rotatable bonds is 7. The Kier molecular flexibility index (Phi) is 4.94. The van der Waals surface area contributed by atoms with Gasteiger partial charge in [-0.2, -0.15) is 0 Å². The van der Waals surface area contributed by atoms with Crippen molar-refractivity contribution in [2.45, 2.75) is 13.0 Å². The number of hydrogen-bond donors (Lipinski definition) is 2. The molecule has 26 heavy (non-hydrogen) atoms. The topological polar surface area (TPSA) is 81.1 Å². The van der Waals surface area contributed by atoms with E-state index in [1.807, 2.05) is 48.2 Å². The summed E-state index contributed by atoms with van der Waals surface area (Å²) in [5.41, 5.74) is 7.89. The summed E-state index contributed by atoms with van der Waals surface area (Å²) in [4.78, 5) is 14.2. The number of thiazole rings is 1. The zero-order chi connectivity index (χ0) is 17.8. The van der Waals surface area contributed by atoms with Gasteiger partial charge in [0.15, 0.2) is 5.13 Å². The first kappa shape index (κ1) is 16.7. The van der Waals surface area contributed by atoms with E-state index in [9.17, 15) is 0 Å². The van der Waals surface area contributed by atoms with Gasteiger partial charge in [0.25, 0.3) is 0 Å². The molecule has 3 aromatic heterocycles. The maximum atomic E-state index is 6.07. The highest BCUT2D eigenvalue weighted by molar-refractivity contribution is 7.22. The molecular weight excluding hydrogens is 364 g/mol. The molecule has 8 heteroatoms. The molecule has 0 unspecified atom stereocenters. The molecule has 0 atom stereocenters. The molecule has 0 aliphatic rings. The van der Waals surface area contributed by atoms with E-state index in [2.05, 4.69) is 24.8 Å². The SMILES string of the molecule is NC(=Nc1ccc2nc(NCCCn3ccnc3)sc2c1)c1cccs1. The van der Waals surface area contributed by atoms with Crippen molar-refractivity contribution in [1.82, 2.24) is 14.5 Å². The second-order valence-corrected chi connectivity index (χ2v) is 7.70. The van der Waals surface area contributed by atoms with Crippen LogP contribution >= 0.6 is 22.7 Å². The van der Waals surface area contributed by atoms with Gasteiger partial charge in [-0.3, -0.25) is 0 Å². The van der Waals surface area contributed by atoms with Crippen molar-refractivity contribution in [3.8, 4) is 0 Å². The minimum absolute atomic E-state index is 0.543. The summed E-state index contributed by atoms with van der Waals surface area (Å²) < 4.78 is 3.17. The maximum Gasteiger partial charge on any atom is 0.183 e. The summed E-state index contributed by atoms with van der Waals surface area (Å²) >= 11 is 3.22. The average Bonchev–Trinajstić information content (AvgIpc) is 3.39. The second kappa shape index (κ2) is 7.67. The number of imidazole rings is 1. The van der Waals surface area contributed by atoms with Crippen LogP contribution in [0.1, 0.15) is 11.3 Å². The number of hydrogen-bond acceptors (Lipinski definition) is 6. The summed E-state index contributed by atoms with van der Waals surface area (Å²) in [7, 11) is 0. The van der Waals surface area contributed by atoms with E-state index in [-0.39, 0.29) is 0 Å². The normalized spacial score (nSPS) is 11.9. The van der Waals surface area contributed by atoms with E-state index in [0.29, 0.717) is 5.84 Å². The van der Waals surface area contributed by atoms with Crippen molar-refractivity contribution in [3.63, 3.8) is 0 Å². The van der Waals surface area contributed by atoms with Crippen molar-refractivity contribution >= 4 is 49.5 Å². The van der Waals surface area contributed by atoms with E-state index in [1.165, 1.54) is 0 Å². The van der Waals surface area contributed by atoms with Crippen LogP contribution in [-0.4, -0.2) is 26.9 Å². The average molecular weight is 383 g/mol. The molecule has 132 valence electrons. The number of benzene rings is 1. The van der Waals surface area contributed by atoms with Gasteiger partial charge >= 0.3 is 0 Å². The lowest BCUT2D eigenvalue weighted by atomic mass is 10.3. The van der Waals surface area contributed by atoms with E-state index in [1.54, 1.807) is 28.9 Å². The number of fused-ring (bicyclic) bond motifs is 1. The molecule has 0 fully saturated rings. The maximum absolute atomic E-state index is 6.07. The number of aryl methyl sites for hydroxylation is 1. The fourth-order valence-electron chi connectivity index (χ4n) is 2.55. The van der Waals surface area contributed by atoms with E-state index in [4.69, 9.17) is 5.73 Å². The van der Waals surface area contributed by atoms with Crippen molar-refractivity contribution in [2.75, 3.05) is 11.9 Å². The van der Waals surface area contributed by atoms with Crippen LogP contribution in [0.4, 0.5) is 10.8 Å². The summed E-state index contributed by atoms with van der Waals surface area (Å²) in [6, 6.07) is 9.92. The number of nitrogens with two attached hydrogens (primary N) is 1. The molecule has 1 aromatic carbocycles. The van der Waals surface area contributed by atoms with Crippen LogP contribution in [-0.2, 0) is 6.54 Å². The number of nitrogens with zero attached hydrogens (tertiary/aromatic N) is 4. The molecule has 6 nitrogen and oxygen atoms in total. The molecule has 0 bridgehead atoms. The third kappa shape index (κ3) is 3.92. The Morgan fingerprint density at radius 1 is 1.31 bits per heavy atom. The number of anilines is 1. The molecule has 4 aromatic rings. The molecule has 0 spiro atoms. The minimum atomic E-state index is 0.543. The highest BCUT2D eigenvalue weighted by Gasteiger charge is 2.05. The van der Waals surface area contributed by atoms with Gasteiger partial charge in [0, 0.05) is 25.5 Å². The van der Waals surface area contributed by atoms with Gasteiger partial charge < -0.3 is 15.6 Å². The van der Waals surface area contributed by atoms with Gasteiger partial charge in [0.05, 0.1) is 27.1 Å². The first-order chi connectivity index (χ1) is 12.8. The third-order valence-electron chi connectivity index (χ3n) is 3.82. The number of thiophene rings is 1. The molecule has 0 saturated carbocycles. The van der Waals surface area contributed by atoms with Crippen LogP contribution in [0.25, 0.3) is 10.2 Å². The van der Waals surface area contributed by atoms with Crippen LogP contribution in [0.3, 0.4) is 0 Å². The van der Waals surface area contributed by atoms with Crippen molar-refractivity contribution in [3.05, 3.63) is 59.3 Å². The molecule has 0 aliphatic carbocycles. The Labute approximate surface area is 159 Å². The third-order valence-corrected chi connectivity index (χ3v) is 5.69. The Hall–Kier alpha value is -2.71. The van der Waals surface area contributed by atoms with Gasteiger partial charge in [-0.15, -0.1) is 11.3 Å². The fourth-order valence-corrected chi connectivity index (χ4v) is 4.10. The van der Waals surface area contributed by atoms with Gasteiger partial charge in [-0.1, -0.05) is 17.4 Å². The van der Waals surface area contributed by atoms with Crippen molar-refractivity contribution in [1.29, 1.82) is 0 Å². The Morgan fingerprint density at radius 3 is 3.08 bits per heavy atom. The summed E-state index contributed by atoms with van der Waals surface area (Å²) in [5, 5.41) is 6.32. The number of amidine groups is 1. The molecular formula is C18H18N6S2. The van der Waals surface area contributed by atoms with Gasteiger partial charge in [-0.25, -0.2) is 15.0 Å². The van der Waals surface area contributed by atoms with Crippen LogP contribution in [0.2, 0.25) is 0 Å². The Bertz CT molecular complexity index is 1000. The zero-order valence-electron chi connectivity index (χ0n) is 14.0. The first-order valence-electron chi connectivity index (χ1n) is 8.26. The summed E-state index contributed by atoms with van der Waals surface area (Å²) in [6.07, 6.45) is 6.62. The molecule has 0 amide bonds. The van der Waals surface area contributed by atoms with Gasteiger partial charge in [0.1, 0.15) is 5.84 Å². The predicted molar refractivity (Wildman–Crippen MR) is 110 cm³/mol. The number of aliphatic imine (C=N–C) groups is 1. The molecule has 3 heterocycles. The lowest BCUT2D eigenvalue weighted by Gasteiger charge is -2.02. The van der Waals surface area contributed by atoms with Crippen LogP contribution in [0.5, 0.6) is 0 Å². The zero-order valence-corrected chi connectivity index (χ0v) is 15.6. The number of nitrogens with one attached hydrogen (secondary N) is 1. The lowest BCUT2D eigenvalue weighted by Crippen LogP contribution is -2.10. The smallest absolute Gasteiger partial charge is 0.183 e. The second-order valence-electron chi connectivity index (χ2n) is 5.73. The highest BCUT2D eigenvalue weighted by Crippen LogP contribution is 2.29. The monoisotopic (exact) mass is 382 g/mol. The summed E-state index contributed by atoms with van der Waals surface area (Å²) in [6.45, 7) is 1.81. The molecule has 3 N–H and O–H groups in total. The van der Waals surface area contributed by atoms with Crippen molar-refractivity contribution < 1.29 is 0 Å². The summed E-state index contributed by atoms with van der Waals surface area (Å²) in [5.74, 6) is 0.543. The molecule has 0 saturated heterocycles. The van der Waals surface area contributed by atoms with E-state index < -0.39 is 0 Å². The molecule has 0 aliphatic heterocycles. The van der Waals surface area contributed by atoms with E-state index in [0.717, 1.165) is 45.4 Å². The Balaban J connectivity index is 1.41. The van der Waals surface area contributed by atoms with E-state index >= 15 is 0 Å². The van der Waals surface area contributed by atoms with Gasteiger partial charge in [-0.05, 0) is 36.1 Å². The largest absolute Gasteiger partial charge is 0.383 e. The predicted octanol–water partition coefficient (Wildman–Crippen LogP) is 4.09. The molecule has 4 rings (SSSR count). The van der Waals surface area contributed by atoms with Crippen LogP contribution in [0.15, 0.2) is 59.4 Å². The first-order valence-corrected chi connectivity index (χ1v) is 9.96. The van der Waals surface area contributed by atoms with Crippen molar-refractivity contribution in [2.24, 2.45) is 10.7 Å². The van der Waals surface area contributed by atoms with Crippen LogP contribution < -0.4 is 11.1 Å². The number of aromatic nitrogens is 3. The lowest BCUT2D eigenvalue weighted by molar-refractivity contribution is 0.660. The standard InChI is InChI=1S/C18H18N6S2/c19-17(15-3-1-10-25-15)22-13-4-5-14-16(11-13)26-18(23-14)21-6-2-8-24-9-7-20-12-24/h1,3-5,7,9-12H,2,6,8H2,(H2,19,22)(H,21,23). The van der Waals surface area contributed by atoms with Crippen LogP contribution in [0, 0.1) is 0 Å².